The number of likely N-dealkylation sites (N-methyl/N-ethyl adjacent to an activating group) is 1. The number of esters is 2. The average Bonchev–Trinajstić information content (AvgIpc) is 3.21. The Morgan fingerprint density at radius 3 is 1.07 bits per heavy atom. The molecule has 2 unspecified atom stereocenters. The average molecular weight is 855 g/mol. The number of ether oxygens (including phenoxy) is 4. The van der Waals surface area contributed by atoms with Crippen molar-refractivity contribution < 1.29 is 42.9 Å². The van der Waals surface area contributed by atoms with Gasteiger partial charge in [0.15, 0.2) is 6.10 Å². The van der Waals surface area contributed by atoms with Crippen molar-refractivity contribution >= 4 is 17.9 Å². The zero-order valence-electron chi connectivity index (χ0n) is 40.4. The van der Waals surface area contributed by atoms with E-state index in [4.69, 9.17) is 18.9 Å². The Hall–Kier alpha value is -1.71. The van der Waals surface area contributed by atoms with Gasteiger partial charge in [0.2, 0.25) is 0 Å². The number of quaternary nitrogens is 1. The molecule has 0 fully saturated rings. The minimum atomic E-state index is -1.50. The molecule has 9 heteroatoms. The fourth-order valence-electron chi connectivity index (χ4n) is 7.60. The Kier molecular flexibility index (Phi) is 42.7. The van der Waals surface area contributed by atoms with Gasteiger partial charge in [0, 0.05) is 12.8 Å². The number of carbonyl (C=O) groups excluding carboxylic acids is 2. The number of rotatable bonds is 48. The molecular formula is C51H100NO8+. The molecule has 9 nitrogen and oxygen atoms in total. The first kappa shape index (κ1) is 58.3. The van der Waals surface area contributed by atoms with Crippen molar-refractivity contribution in [2.75, 3.05) is 47.5 Å². The normalized spacial score (nSPS) is 12.8. The van der Waals surface area contributed by atoms with Crippen molar-refractivity contribution in [3.05, 3.63) is 0 Å². The lowest BCUT2D eigenvalue weighted by molar-refractivity contribution is -0.870. The maximum absolute atomic E-state index is 12.8. The zero-order valence-corrected chi connectivity index (χ0v) is 40.4. The van der Waals surface area contributed by atoms with Gasteiger partial charge in [-0.15, -0.1) is 0 Å². The number of carboxylic acid groups (broad SMARTS) is 1. The van der Waals surface area contributed by atoms with Crippen LogP contribution in [-0.2, 0) is 33.3 Å². The molecule has 2 atom stereocenters. The lowest BCUT2D eigenvalue weighted by Crippen LogP contribution is -2.40. The van der Waals surface area contributed by atoms with Gasteiger partial charge in [0.25, 0.3) is 6.29 Å². The van der Waals surface area contributed by atoms with E-state index in [0.717, 1.165) is 38.5 Å². The third-order valence-electron chi connectivity index (χ3n) is 11.6. The Bertz CT molecular complexity index is 954. The number of carbonyl (C=O) groups is 3. The van der Waals surface area contributed by atoms with Crippen LogP contribution in [0.15, 0.2) is 0 Å². The highest BCUT2D eigenvalue weighted by Gasteiger charge is 2.25. The molecule has 0 aromatic rings. The van der Waals surface area contributed by atoms with Crippen molar-refractivity contribution in [3.63, 3.8) is 0 Å². The van der Waals surface area contributed by atoms with Crippen LogP contribution in [0.2, 0.25) is 0 Å². The van der Waals surface area contributed by atoms with Crippen LogP contribution in [0.5, 0.6) is 0 Å². The molecule has 0 aromatic carbocycles. The topological polar surface area (TPSA) is 108 Å². The van der Waals surface area contributed by atoms with Crippen molar-refractivity contribution in [1.82, 2.24) is 0 Å². The second kappa shape index (κ2) is 43.9. The molecule has 0 aliphatic carbocycles. The maximum atomic E-state index is 12.8. The monoisotopic (exact) mass is 855 g/mol. The molecule has 0 spiro atoms. The van der Waals surface area contributed by atoms with Crippen molar-refractivity contribution in [2.45, 2.75) is 264 Å². The summed E-state index contributed by atoms with van der Waals surface area (Å²) in [5, 5.41) is 9.63. The van der Waals surface area contributed by atoms with Gasteiger partial charge < -0.3 is 28.5 Å². The summed E-state index contributed by atoms with van der Waals surface area (Å²) in [6.45, 7) is 4.88. The molecule has 0 saturated carbocycles. The minimum Gasteiger partial charge on any atom is -0.477 e. The summed E-state index contributed by atoms with van der Waals surface area (Å²) in [4.78, 5) is 37.0. The molecular weight excluding hydrogens is 755 g/mol. The largest absolute Gasteiger partial charge is 0.477 e. The number of aliphatic carboxylic acids is 1. The smallest absolute Gasteiger partial charge is 0.361 e. The number of hydrogen-bond acceptors (Lipinski definition) is 7. The van der Waals surface area contributed by atoms with E-state index in [1.165, 1.54) is 186 Å². The van der Waals surface area contributed by atoms with E-state index in [1.807, 2.05) is 21.1 Å². The standard InChI is InChI=1S/C51H99NO8/c1-6-8-10-12-14-16-17-18-19-20-21-22-23-24-25-26-27-28-29-30-31-32-33-34-36-38-40-42-49(54)60-47(46-59-51(50(55)56)57-44-43-52(3,4)5)45-58-48(53)41-39-37-35-15-13-11-9-7-2/h47,51H,6-46H2,1-5H3/p+1. The van der Waals surface area contributed by atoms with Crippen molar-refractivity contribution in [2.24, 2.45) is 0 Å². The van der Waals surface area contributed by atoms with E-state index >= 15 is 0 Å². The Labute approximate surface area is 371 Å². The molecule has 0 heterocycles. The summed E-state index contributed by atoms with van der Waals surface area (Å²) in [5.74, 6) is -1.99. The zero-order chi connectivity index (χ0) is 44.2. The van der Waals surface area contributed by atoms with Crippen LogP contribution in [0.1, 0.15) is 251 Å². The summed E-state index contributed by atoms with van der Waals surface area (Å²) >= 11 is 0. The fraction of sp³-hybridized carbons (Fsp3) is 0.941. The van der Waals surface area contributed by atoms with Crippen molar-refractivity contribution in [1.29, 1.82) is 0 Å². The van der Waals surface area contributed by atoms with Gasteiger partial charge in [-0.2, -0.15) is 0 Å². The highest BCUT2D eigenvalue weighted by molar-refractivity contribution is 5.71. The van der Waals surface area contributed by atoms with Crippen LogP contribution in [0.4, 0.5) is 0 Å². The second-order valence-corrected chi connectivity index (χ2v) is 18.9. The maximum Gasteiger partial charge on any atom is 0.361 e. The number of hydrogen-bond donors (Lipinski definition) is 1. The lowest BCUT2D eigenvalue weighted by Gasteiger charge is -2.25. The molecule has 0 amide bonds. The molecule has 0 aromatic heterocycles. The van der Waals surface area contributed by atoms with E-state index in [2.05, 4.69) is 13.8 Å². The molecule has 0 radical (unpaired) electrons. The van der Waals surface area contributed by atoms with Gasteiger partial charge in [-0.05, 0) is 12.8 Å². The molecule has 0 aliphatic heterocycles. The second-order valence-electron chi connectivity index (χ2n) is 18.9. The molecule has 0 bridgehead atoms. The highest BCUT2D eigenvalue weighted by atomic mass is 16.7. The molecule has 1 N–H and O–H groups in total. The third-order valence-corrected chi connectivity index (χ3v) is 11.6. The minimum absolute atomic E-state index is 0.174. The van der Waals surface area contributed by atoms with E-state index in [9.17, 15) is 19.5 Å². The summed E-state index contributed by atoms with van der Waals surface area (Å²) in [6.07, 6.45) is 43.4. The quantitative estimate of drug-likeness (QED) is 0.0279. The van der Waals surface area contributed by atoms with Gasteiger partial charge in [0.1, 0.15) is 13.2 Å². The van der Waals surface area contributed by atoms with Crippen LogP contribution in [-0.4, -0.2) is 87.4 Å². The van der Waals surface area contributed by atoms with E-state index < -0.39 is 18.4 Å². The van der Waals surface area contributed by atoms with E-state index in [1.54, 1.807) is 0 Å². The van der Waals surface area contributed by atoms with Gasteiger partial charge in [-0.1, -0.05) is 226 Å². The van der Waals surface area contributed by atoms with Crippen LogP contribution in [0, 0.1) is 0 Å². The first-order valence-electron chi connectivity index (χ1n) is 25.7. The molecule has 0 saturated heterocycles. The SMILES string of the molecule is CCCCCCCCCCCCCCCCCCCCCCCCCCCCCC(=O)OC(COC(=O)CCCCCCCCCC)COC(OCC[N+](C)(C)C)C(=O)O. The number of unbranched alkanes of at least 4 members (excludes halogenated alkanes) is 33. The number of nitrogens with zero attached hydrogens (tertiary/aromatic N) is 1. The van der Waals surface area contributed by atoms with Crippen LogP contribution in [0.3, 0.4) is 0 Å². The van der Waals surface area contributed by atoms with Gasteiger partial charge >= 0.3 is 17.9 Å². The Balaban J connectivity index is 4.06. The summed E-state index contributed by atoms with van der Waals surface area (Å²) < 4.78 is 22.7. The molecule has 0 rings (SSSR count). The van der Waals surface area contributed by atoms with Crippen LogP contribution >= 0.6 is 0 Å². The highest BCUT2D eigenvalue weighted by Crippen LogP contribution is 2.17. The predicted molar refractivity (Wildman–Crippen MR) is 249 cm³/mol. The fourth-order valence-corrected chi connectivity index (χ4v) is 7.60. The van der Waals surface area contributed by atoms with Gasteiger partial charge in [-0.3, -0.25) is 9.59 Å². The Morgan fingerprint density at radius 2 is 0.750 bits per heavy atom. The first-order chi connectivity index (χ1) is 29.1. The van der Waals surface area contributed by atoms with E-state index in [-0.39, 0.29) is 38.2 Å². The summed E-state index contributed by atoms with van der Waals surface area (Å²) in [7, 11) is 5.96. The third kappa shape index (κ3) is 44.3. The molecule has 356 valence electrons. The van der Waals surface area contributed by atoms with Crippen molar-refractivity contribution in [3.8, 4) is 0 Å². The van der Waals surface area contributed by atoms with Gasteiger partial charge in [0.05, 0.1) is 34.4 Å². The summed E-state index contributed by atoms with van der Waals surface area (Å²) in [6, 6.07) is 0. The number of carboxylic acids is 1. The molecule has 0 aliphatic rings. The summed E-state index contributed by atoms with van der Waals surface area (Å²) in [5.41, 5.74) is 0. The predicted octanol–water partition coefficient (Wildman–Crippen LogP) is 14.1. The van der Waals surface area contributed by atoms with Crippen LogP contribution in [0.25, 0.3) is 0 Å². The Morgan fingerprint density at radius 1 is 0.433 bits per heavy atom. The molecule has 60 heavy (non-hydrogen) atoms. The van der Waals surface area contributed by atoms with Crippen LogP contribution < -0.4 is 0 Å². The van der Waals surface area contributed by atoms with Gasteiger partial charge in [-0.25, -0.2) is 4.79 Å². The lowest BCUT2D eigenvalue weighted by atomic mass is 10.0. The first-order valence-corrected chi connectivity index (χ1v) is 25.7. The van der Waals surface area contributed by atoms with E-state index in [0.29, 0.717) is 17.4 Å².